The van der Waals surface area contributed by atoms with Crippen molar-refractivity contribution in [3.63, 3.8) is 0 Å². The molecule has 0 spiro atoms. The first-order chi connectivity index (χ1) is 10.2. The monoisotopic (exact) mass is 303 g/mol. The molecule has 0 fully saturated rings. The van der Waals surface area contributed by atoms with Gasteiger partial charge in [-0.2, -0.15) is 0 Å². The predicted octanol–water partition coefficient (Wildman–Crippen LogP) is 3.25. The maximum atomic E-state index is 11.9. The number of hydrogen-bond acceptors (Lipinski definition) is 2. The van der Waals surface area contributed by atoms with E-state index in [-0.39, 0.29) is 5.91 Å². The number of rotatable bonds is 6. The largest absolute Gasteiger partial charge is 0.497 e. The Kier molecular flexibility index (Phi) is 5.64. The topological polar surface area (TPSA) is 38.3 Å². The number of benzene rings is 2. The zero-order chi connectivity index (χ0) is 15.1. The number of amides is 1. The molecule has 2 rings (SSSR count). The second-order valence-corrected chi connectivity index (χ2v) is 5.19. The summed E-state index contributed by atoms with van der Waals surface area (Å²) in [7, 11) is 1.64. The quantitative estimate of drug-likeness (QED) is 0.889. The fourth-order valence-corrected chi connectivity index (χ4v) is 2.28. The highest BCUT2D eigenvalue weighted by Gasteiger charge is 2.04. The van der Waals surface area contributed by atoms with Crippen LogP contribution in [0.25, 0.3) is 0 Å². The lowest BCUT2D eigenvalue weighted by Crippen LogP contribution is -2.27. The molecule has 0 bridgehead atoms. The van der Waals surface area contributed by atoms with Crippen LogP contribution in [0.4, 0.5) is 0 Å². The number of carbonyl (C=O) groups is 1. The van der Waals surface area contributed by atoms with Gasteiger partial charge in [-0.1, -0.05) is 35.9 Å². The van der Waals surface area contributed by atoms with Gasteiger partial charge in [-0.05, 0) is 41.8 Å². The van der Waals surface area contributed by atoms with Crippen LogP contribution in [0.2, 0.25) is 5.02 Å². The van der Waals surface area contributed by atoms with E-state index in [1.54, 1.807) is 13.2 Å². The molecule has 1 N–H and O–H groups in total. The van der Waals surface area contributed by atoms with Gasteiger partial charge in [0.05, 0.1) is 13.5 Å². The van der Waals surface area contributed by atoms with Gasteiger partial charge in [0, 0.05) is 11.6 Å². The Morgan fingerprint density at radius 1 is 1.14 bits per heavy atom. The van der Waals surface area contributed by atoms with Crippen molar-refractivity contribution >= 4 is 17.5 Å². The molecule has 110 valence electrons. The summed E-state index contributed by atoms with van der Waals surface area (Å²) in [6.45, 7) is 0.604. The second-order valence-electron chi connectivity index (χ2n) is 4.76. The number of ether oxygens (including phenoxy) is 1. The molecule has 0 aromatic heterocycles. The zero-order valence-corrected chi connectivity index (χ0v) is 12.7. The van der Waals surface area contributed by atoms with Gasteiger partial charge in [-0.25, -0.2) is 0 Å². The predicted molar refractivity (Wildman–Crippen MR) is 84.9 cm³/mol. The molecule has 0 saturated carbocycles. The van der Waals surface area contributed by atoms with Gasteiger partial charge >= 0.3 is 0 Å². The number of nitrogens with one attached hydrogen (secondary N) is 1. The lowest BCUT2D eigenvalue weighted by atomic mass is 10.1. The number of hydrogen-bond donors (Lipinski definition) is 1. The fourth-order valence-electron chi connectivity index (χ4n) is 2.07. The molecule has 0 aliphatic heterocycles. The van der Waals surface area contributed by atoms with Crippen LogP contribution in [0.3, 0.4) is 0 Å². The van der Waals surface area contributed by atoms with Gasteiger partial charge in [0.2, 0.25) is 5.91 Å². The Bertz CT molecular complexity index is 613. The molecule has 0 aliphatic carbocycles. The molecule has 2 aromatic carbocycles. The summed E-state index contributed by atoms with van der Waals surface area (Å²) in [5.41, 5.74) is 2.05. The van der Waals surface area contributed by atoms with Crippen LogP contribution in [-0.4, -0.2) is 19.6 Å². The van der Waals surface area contributed by atoms with E-state index in [2.05, 4.69) is 5.32 Å². The van der Waals surface area contributed by atoms with E-state index < -0.39 is 0 Å². The first kappa shape index (κ1) is 15.4. The van der Waals surface area contributed by atoms with Gasteiger partial charge < -0.3 is 10.1 Å². The van der Waals surface area contributed by atoms with Crippen molar-refractivity contribution in [1.82, 2.24) is 5.32 Å². The molecule has 21 heavy (non-hydrogen) atoms. The SMILES string of the molecule is COc1cccc(CCNC(=O)Cc2cccc(Cl)c2)c1. The van der Waals surface area contributed by atoms with Crippen LogP contribution >= 0.6 is 11.6 Å². The van der Waals surface area contributed by atoms with Crippen molar-refractivity contribution in [3.05, 3.63) is 64.7 Å². The maximum absolute atomic E-state index is 11.9. The van der Waals surface area contributed by atoms with Gasteiger partial charge in [0.15, 0.2) is 0 Å². The Labute approximate surface area is 129 Å². The van der Waals surface area contributed by atoms with Gasteiger partial charge in [-0.3, -0.25) is 4.79 Å². The summed E-state index contributed by atoms with van der Waals surface area (Å²) in [6, 6.07) is 15.2. The van der Waals surface area contributed by atoms with E-state index in [0.29, 0.717) is 18.0 Å². The lowest BCUT2D eigenvalue weighted by molar-refractivity contribution is -0.120. The van der Waals surface area contributed by atoms with Gasteiger partial charge in [-0.15, -0.1) is 0 Å². The highest BCUT2D eigenvalue weighted by atomic mass is 35.5. The summed E-state index contributed by atoms with van der Waals surface area (Å²) in [5.74, 6) is 0.831. The summed E-state index contributed by atoms with van der Waals surface area (Å²) >= 11 is 5.90. The molecule has 0 atom stereocenters. The van der Waals surface area contributed by atoms with Crippen molar-refractivity contribution in [2.75, 3.05) is 13.7 Å². The van der Waals surface area contributed by atoms with Gasteiger partial charge in [0.25, 0.3) is 0 Å². The van der Waals surface area contributed by atoms with E-state index in [0.717, 1.165) is 23.3 Å². The smallest absolute Gasteiger partial charge is 0.224 e. The van der Waals surface area contributed by atoms with E-state index >= 15 is 0 Å². The van der Waals surface area contributed by atoms with Crippen LogP contribution in [-0.2, 0) is 17.6 Å². The highest BCUT2D eigenvalue weighted by Crippen LogP contribution is 2.13. The van der Waals surface area contributed by atoms with E-state index in [4.69, 9.17) is 16.3 Å². The number of carbonyl (C=O) groups excluding carboxylic acids is 1. The summed E-state index contributed by atoms with van der Waals surface area (Å²) in [6.07, 6.45) is 1.12. The third kappa shape index (κ3) is 5.12. The Morgan fingerprint density at radius 2 is 1.90 bits per heavy atom. The summed E-state index contributed by atoms with van der Waals surface area (Å²) in [5, 5.41) is 3.56. The standard InChI is InChI=1S/C17H18ClNO2/c1-21-16-7-3-4-13(11-16)8-9-19-17(20)12-14-5-2-6-15(18)10-14/h2-7,10-11H,8-9,12H2,1H3,(H,19,20). The molecule has 0 saturated heterocycles. The Hall–Kier alpha value is -2.00. The zero-order valence-electron chi connectivity index (χ0n) is 11.9. The minimum Gasteiger partial charge on any atom is -0.497 e. The molecular weight excluding hydrogens is 286 g/mol. The van der Waals surface area contributed by atoms with Crippen molar-refractivity contribution in [2.24, 2.45) is 0 Å². The molecule has 3 nitrogen and oxygen atoms in total. The van der Waals surface area contributed by atoms with Gasteiger partial charge in [0.1, 0.15) is 5.75 Å². The van der Waals surface area contributed by atoms with E-state index in [1.807, 2.05) is 42.5 Å². The van der Waals surface area contributed by atoms with Crippen molar-refractivity contribution < 1.29 is 9.53 Å². The average molecular weight is 304 g/mol. The first-order valence-corrected chi connectivity index (χ1v) is 7.19. The van der Waals surface area contributed by atoms with Crippen LogP contribution in [0, 0.1) is 0 Å². The third-order valence-corrected chi connectivity index (χ3v) is 3.36. The Balaban J connectivity index is 1.79. The van der Waals surface area contributed by atoms with Crippen LogP contribution in [0.1, 0.15) is 11.1 Å². The van der Waals surface area contributed by atoms with E-state index in [1.165, 1.54) is 0 Å². The molecule has 4 heteroatoms. The number of methoxy groups -OCH3 is 1. The molecule has 1 amide bonds. The minimum absolute atomic E-state index is 0.000151. The van der Waals surface area contributed by atoms with E-state index in [9.17, 15) is 4.79 Å². The van der Waals surface area contributed by atoms with Crippen molar-refractivity contribution in [2.45, 2.75) is 12.8 Å². The Morgan fingerprint density at radius 3 is 2.67 bits per heavy atom. The molecule has 0 unspecified atom stereocenters. The molecular formula is C17H18ClNO2. The average Bonchev–Trinajstić information content (AvgIpc) is 2.47. The van der Waals surface area contributed by atoms with Crippen molar-refractivity contribution in [3.8, 4) is 5.75 Å². The molecule has 0 radical (unpaired) electrons. The minimum atomic E-state index is 0.000151. The number of halogens is 1. The first-order valence-electron chi connectivity index (χ1n) is 6.81. The van der Waals surface area contributed by atoms with Crippen LogP contribution < -0.4 is 10.1 Å². The molecule has 0 aliphatic rings. The van der Waals surface area contributed by atoms with Crippen molar-refractivity contribution in [1.29, 1.82) is 0 Å². The summed E-state index contributed by atoms with van der Waals surface area (Å²) in [4.78, 5) is 11.9. The molecule has 0 heterocycles. The third-order valence-electron chi connectivity index (χ3n) is 3.12. The fraction of sp³-hybridized carbons (Fsp3) is 0.235. The normalized spacial score (nSPS) is 10.2. The van der Waals surface area contributed by atoms with Crippen LogP contribution in [0.15, 0.2) is 48.5 Å². The van der Waals surface area contributed by atoms with Crippen LogP contribution in [0.5, 0.6) is 5.75 Å². The highest BCUT2D eigenvalue weighted by molar-refractivity contribution is 6.30. The lowest BCUT2D eigenvalue weighted by Gasteiger charge is -2.07. The molecule has 2 aromatic rings. The second kappa shape index (κ2) is 7.70. The summed E-state index contributed by atoms with van der Waals surface area (Å²) < 4.78 is 5.17. The maximum Gasteiger partial charge on any atom is 0.224 e.